The Labute approximate surface area is 179 Å². The first-order valence-electron chi connectivity index (χ1n) is 10.6. The van der Waals surface area contributed by atoms with Crippen molar-refractivity contribution in [3.05, 3.63) is 54.6 Å². The van der Waals surface area contributed by atoms with Crippen LogP contribution in [0.4, 0.5) is 5.69 Å². The maximum Gasteiger partial charge on any atom is 0.264 e. The Balaban J connectivity index is 1.80. The molecule has 2 aromatic rings. The van der Waals surface area contributed by atoms with Gasteiger partial charge in [0, 0.05) is 6.54 Å². The molecule has 0 saturated carbocycles. The van der Waals surface area contributed by atoms with E-state index >= 15 is 0 Å². The average molecular weight is 431 g/mol. The normalized spacial score (nSPS) is 17.0. The van der Waals surface area contributed by atoms with Gasteiger partial charge in [-0.25, -0.2) is 8.42 Å². The fourth-order valence-electron chi connectivity index (χ4n) is 3.59. The predicted octanol–water partition coefficient (Wildman–Crippen LogP) is 3.98. The molecule has 0 aromatic heterocycles. The molecule has 0 radical (unpaired) electrons. The first-order valence-corrected chi connectivity index (χ1v) is 12.0. The highest BCUT2D eigenvalue weighted by molar-refractivity contribution is 7.92. The van der Waals surface area contributed by atoms with E-state index in [-0.39, 0.29) is 17.3 Å². The van der Waals surface area contributed by atoms with Gasteiger partial charge in [0.15, 0.2) is 6.10 Å². The van der Waals surface area contributed by atoms with E-state index in [9.17, 15) is 13.2 Å². The van der Waals surface area contributed by atoms with Gasteiger partial charge in [-0.3, -0.25) is 9.10 Å². The number of anilines is 1. The molecule has 1 heterocycles. The van der Waals surface area contributed by atoms with Crippen LogP contribution in [-0.2, 0) is 14.8 Å². The molecular weight excluding hydrogens is 400 g/mol. The third-order valence-corrected chi connectivity index (χ3v) is 7.26. The van der Waals surface area contributed by atoms with E-state index in [4.69, 9.17) is 4.74 Å². The number of carbonyl (C=O) groups is 1. The van der Waals surface area contributed by atoms with Crippen LogP contribution in [0, 0.1) is 5.92 Å². The Hall–Kier alpha value is -2.54. The summed E-state index contributed by atoms with van der Waals surface area (Å²) in [5, 5.41) is 2.97. The molecule has 0 fully saturated rings. The van der Waals surface area contributed by atoms with Gasteiger partial charge in [-0.2, -0.15) is 0 Å². The Kier molecular flexibility index (Phi) is 7.37. The van der Waals surface area contributed by atoms with E-state index in [0.29, 0.717) is 23.9 Å². The van der Waals surface area contributed by atoms with Crippen LogP contribution >= 0.6 is 0 Å². The van der Waals surface area contributed by atoms with Crippen molar-refractivity contribution < 1.29 is 17.9 Å². The van der Waals surface area contributed by atoms with Gasteiger partial charge >= 0.3 is 0 Å². The highest BCUT2D eigenvalue weighted by atomic mass is 32.2. The van der Waals surface area contributed by atoms with Gasteiger partial charge in [0.25, 0.3) is 15.9 Å². The lowest BCUT2D eigenvalue weighted by molar-refractivity contribution is -0.127. The lowest BCUT2D eigenvalue weighted by Crippen LogP contribution is -2.51. The number of benzene rings is 2. The molecule has 0 aliphatic carbocycles. The van der Waals surface area contributed by atoms with Crippen LogP contribution in [0.3, 0.4) is 0 Å². The standard InChI is InChI=1S/C23H30N2O4S/c1-3-5-11-18(4-2)16-24-23(26)22-17-25(20-14-9-10-15-21(20)29-22)30(27,28)19-12-7-6-8-13-19/h6-10,12-15,18,22H,3-5,11,16-17H2,1-2H3,(H,24,26)/t18-,22+/m1/s1. The number of rotatable bonds is 9. The molecule has 0 bridgehead atoms. The lowest BCUT2D eigenvalue weighted by atomic mass is 9.99. The zero-order chi connectivity index (χ0) is 21.6. The van der Waals surface area contributed by atoms with Crippen molar-refractivity contribution in [3.63, 3.8) is 0 Å². The largest absolute Gasteiger partial charge is 0.476 e. The van der Waals surface area contributed by atoms with Gasteiger partial charge in [-0.05, 0) is 36.6 Å². The molecule has 2 aromatic carbocycles. The van der Waals surface area contributed by atoms with Crippen molar-refractivity contribution in [2.45, 2.75) is 50.5 Å². The highest BCUT2D eigenvalue weighted by Gasteiger charge is 2.37. The number of carbonyl (C=O) groups excluding carboxylic acids is 1. The molecule has 2 atom stereocenters. The zero-order valence-corrected chi connectivity index (χ0v) is 18.4. The Bertz CT molecular complexity index is 947. The topological polar surface area (TPSA) is 75.7 Å². The molecule has 1 amide bonds. The Morgan fingerprint density at radius 3 is 2.53 bits per heavy atom. The molecule has 1 aliphatic rings. The Morgan fingerprint density at radius 1 is 1.13 bits per heavy atom. The second-order valence-corrected chi connectivity index (χ2v) is 9.45. The van der Waals surface area contributed by atoms with Crippen LogP contribution < -0.4 is 14.4 Å². The molecule has 3 rings (SSSR count). The molecule has 30 heavy (non-hydrogen) atoms. The fraction of sp³-hybridized carbons (Fsp3) is 0.435. The number of ether oxygens (including phenoxy) is 1. The van der Waals surface area contributed by atoms with E-state index in [1.807, 2.05) is 0 Å². The monoisotopic (exact) mass is 430 g/mol. The minimum absolute atomic E-state index is 0.0637. The molecule has 7 heteroatoms. The van der Waals surface area contributed by atoms with E-state index in [1.54, 1.807) is 54.6 Å². The second kappa shape index (κ2) is 9.98. The van der Waals surface area contributed by atoms with Crippen molar-refractivity contribution in [1.29, 1.82) is 0 Å². The summed E-state index contributed by atoms with van der Waals surface area (Å²) in [5.74, 6) is 0.517. The zero-order valence-electron chi connectivity index (χ0n) is 17.6. The number of amides is 1. The van der Waals surface area contributed by atoms with Gasteiger partial charge < -0.3 is 10.1 Å². The van der Waals surface area contributed by atoms with Crippen molar-refractivity contribution in [1.82, 2.24) is 5.32 Å². The molecule has 1 N–H and O–H groups in total. The highest BCUT2D eigenvalue weighted by Crippen LogP contribution is 2.36. The summed E-state index contributed by atoms with van der Waals surface area (Å²) < 4.78 is 33.7. The second-order valence-electron chi connectivity index (χ2n) is 7.59. The first kappa shape index (κ1) is 22.2. The van der Waals surface area contributed by atoms with Crippen LogP contribution in [0.2, 0.25) is 0 Å². The van der Waals surface area contributed by atoms with Crippen LogP contribution in [0.1, 0.15) is 39.5 Å². The first-order chi connectivity index (χ1) is 14.5. The van der Waals surface area contributed by atoms with Crippen molar-refractivity contribution in [2.75, 3.05) is 17.4 Å². The molecular formula is C23H30N2O4S. The molecule has 162 valence electrons. The third kappa shape index (κ3) is 4.95. The maximum absolute atomic E-state index is 13.3. The van der Waals surface area contributed by atoms with E-state index in [1.165, 1.54) is 4.31 Å². The maximum atomic E-state index is 13.3. The number of hydrogen-bond acceptors (Lipinski definition) is 4. The molecule has 0 unspecified atom stereocenters. The van der Waals surface area contributed by atoms with Gasteiger partial charge in [-0.1, -0.05) is 63.4 Å². The number of sulfonamides is 1. The van der Waals surface area contributed by atoms with Gasteiger partial charge in [0.2, 0.25) is 0 Å². The summed E-state index contributed by atoms with van der Waals surface area (Å²) in [6.07, 6.45) is 3.41. The summed E-state index contributed by atoms with van der Waals surface area (Å²) >= 11 is 0. The smallest absolute Gasteiger partial charge is 0.264 e. The van der Waals surface area contributed by atoms with E-state index in [2.05, 4.69) is 19.2 Å². The van der Waals surface area contributed by atoms with Crippen molar-refractivity contribution in [3.8, 4) is 5.75 Å². The molecule has 0 spiro atoms. The summed E-state index contributed by atoms with van der Waals surface area (Å²) in [6.45, 7) is 4.78. The number of nitrogens with zero attached hydrogens (tertiary/aromatic N) is 1. The van der Waals surface area contributed by atoms with Gasteiger partial charge in [-0.15, -0.1) is 0 Å². The minimum Gasteiger partial charge on any atom is -0.476 e. The Morgan fingerprint density at radius 2 is 1.83 bits per heavy atom. The number of hydrogen-bond donors (Lipinski definition) is 1. The number of nitrogens with one attached hydrogen (secondary N) is 1. The summed E-state index contributed by atoms with van der Waals surface area (Å²) in [5.41, 5.74) is 0.444. The van der Waals surface area contributed by atoms with Crippen molar-refractivity contribution >= 4 is 21.6 Å². The molecule has 6 nitrogen and oxygen atoms in total. The van der Waals surface area contributed by atoms with Crippen LogP contribution in [0.25, 0.3) is 0 Å². The van der Waals surface area contributed by atoms with E-state index in [0.717, 1.165) is 25.7 Å². The van der Waals surface area contributed by atoms with Crippen LogP contribution in [0.15, 0.2) is 59.5 Å². The van der Waals surface area contributed by atoms with Crippen LogP contribution in [0.5, 0.6) is 5.75 Å². The molecule has 0 saturated heterocycles. The van der Waals surface area contributed by atoms with Crippen LogP contribution in [-0.4, -0.2) is 33.5 Å². The minimum atomic E-state index is -3.82. The average Bonchev–Trinajstić information content (AvgIpc) is 2.78. The lowest BCUT2D eigenvalue weighted by Gasteiger charge is -2.35. The number of fused-ring (bicyclic) bond motifs is 1. The predicted molar refractivity (Wildman–Crippen MR) is 118 cm³/mol. The summed E-state index contributed by atoms with van der Waals surface area (Å²) in [4.78, 5) is 13.0. The number of unbranched alkanes of at least 4 members (excludes halogenated alkanes) is 1. The molecule has 1 aliphatic heterocycles. The van der Waals surface area contributed by atoms with E-state index < -0.39 is 16.1 Å². The van der Waals surface area contributed by atoms with Crippen molar-refractivity contribution in [2.24, 2.45) is 5.92 Å². The van der Waals surface area contributed by atoms with Gasteiger partial charge in [0.1, 0.15) is 5.75 Å². The number of para-hydroxylation sites is 2. The van der Waals surface area contributed by atoms with Gasteiger partial charge in [0.05, 0.1) is 17.1 Å². The third-order valence-electron chi connectivity index (χ3n) is 5.47. The fourth-order valence-corrected chi connectivity index (χ4v) is 5.09. The SMILES string of the molecule is CCCC[C@@H](CC)CNC(=O)[C@@H]1CN(S(=O)(=O)c2ccccc2)c2ccccc2O1. The quantitative estimate of drug-likeness (QED) is 0.653. The summed E-state index contributed by atoms with van der Waals surface area (Å²) in [6, 6.07) is 15.2. The summed E-state index contributed by atoms with van der Waals surface area (Å²) in [7, 11) is -3.82.